The zero-order valence-electron chi connectivity index (χ0n) is 36.0. The van der Waals surface area contributed by atoms with E-state index in [9.17, 15) is 31.2 Å². The van der Waals surface area contributed by atoms with Crippen LogP contribution in [-0.4, -0.2) is 97.1 Å². The molecule has 2 fully saturated rings. The van der Waals surface area contributed by atoms with Crippen LogP contribution in [0.1, 0.15) is 78.1 Å². The number of esters is 2. The summed E-state index contributed by atoms with van der Waals surface area (Å²) in [7, 11) is -6.33. The molecule has 0 spiro atoms. The molecule has 4 N–H and O–H groups in total. The van der Waals surface area contributed by atoms with Gasteiger partial charge in [0.25, 0.3) is 0 Å². The highest BCUT2D eigenvalue weighted by molar-refractivity contribution is 7.96. The van der Waals surface area contributed by atoms with Gasteiger partial charge in [0.15, 0.2) is 0 Å². The average Bonchev–Trinajstić information content (AvgIpc) is 4.03. The van der Waals surface area contributed by atoms with Crippen molar-refractivity contribution in [2.75, 3.05) is 19.9 Å². The third-order valence-electron chi connectivity index (χ3n) is 10.8. The average molecular weight is 965 g/mol. The van der Waals surface area contributed by atoms with Crippen molar-refractivity contribution in [3.8, 4) is 11.4 Å². The minimum absolute atomic E-state index is 0.0974. The molecule has 0 radical (unpaired) electrons. The van der Waals surface area contributed by atoms with Crippen LogP contribution in [0.15, 0.2) is 108 Å². The molecule has 22 heteroatoms. The van der Waals surface area contributed by atoms with E-state index in [1.165, 1.54) is 12.1 Å². The van der Waals surface area contributed by atoms with Crippen LogP contribution in [0.25, 0.3) is 11.4 Å². The number of nitrogens with zero attached hydrogens (tertiary/aromatic N) is 4. The van der Waals surface area contributed by atoms with E-state index in [1.807, 2.05) is 6.66 Å². The molecule has 0 unspecified atom stereocenters. The monoisotopic (exact) mass is 964 g/mol. The summed E-state index contributed by atoms with van der Waals surface area (Å²) in [6, 6.07) is 16.1. The Hall–Kier alpha value is -4.57. The standard InChI is InChI=1S/C21H27N3O4S.C20H25N3O5S.CH3PS.H2O3/c1-3-12-21(20(25)28-4-2)13-10-17(11-14-21)23-29(26,27)19-8-6-18(7-9-19)24-16-5-15-22-24;1-2-28-19(25)20(12-15-24)10-8-16(9-11-20)22-29(26,27)18-6-4-17(5-7-18)23-14-3-13-21-23;1-2-3;1-3-2/h3,5-9,15-17,23H,1,4,10-14H2,2H3;3-7,13-16,22H,2,8-12H2,1H3;1H3;1-2H. The van der Waals surface area contributed by atoms with E-state index in [0.29, 0.717) is 64.4 Å². The van der Waals surface area contributed by atoms with E-state index in [-0.39, 0.29) is 46.8 Å². The molecule has 350 valence electrons. The SMILES string of the molecule is C=CCC1(C(=O)OCC)CCC(NS(=O)(=O)c2ccc(-n3cccn3)cc2)CC1.CCOC(=O)C1(CC=O)CCC(NS(=O)(=O)c2ccc(-n3cccn3)cc2)CC1.CP=S.OOO. The molecule has 2 aromatic carbocycles. The normalized spacial score (nSPS) is 20.7. The predicted molar refractivity (Wildman–Crippen MR) is 242 cm³/mol. The molecule has 0 amide bonds. The summed E-state index contributed by atoms with van der Waals surface area (Å²) in [5.41, 5.74) is 0.117. The van der Waals surface area contributed by atoms with Crippen LogP contribution in [0.5, 0.6) is 0 Å². The summed E-state index contributed by atoms with van der Waals surface area (Å²) in [5, 5.41) is 23.8. The minimum atomic E-state index is -3.69. The van der Waals surface area contributed by atoms with Crippen LogP contribution >= 0.6 is 7.36 Å². The third-order valence-corrected chi connectivity index (χ3v) is 13.9. The van der Waals surface area contributed by atoms with Crippen LogP contribution in [0.3, 0.4) is 0 Å². The van der Waals surface area contributed by atoms with Gasteiger partial charge in [0.1, 0.15) is 6.29 Å². The maximum atomic E-state index is 12.8. The molecule has 2 aliphatic carbocycles. The second-order valence-electron chi connectivity index (χ2n) is 14.8. The molecule has 0 atom stereocenters. The van der Waals surface area contributed by atoms with Gasteiger partial charge in [-0.1, -0.05) is 22.9 Å². The number of sulfonamides is 2. The number of hydrogen-bond acceptors (Lipinski definition) is 15. The number of nitrogens with one attached hydrogen (secondary N) is 2. The number of hydrogen-bond donors (Lipinski definition) is 4. The highest BCUT2D eigenvalue weighted by atomic mass is 32.4. The first-order valence-electron chi connectivity index (χ1n) is 20.4. The van der Waals surface area contributed by atoms with Gasteiger partial charge in [-0.25, -0.2) is 46.2 Å². The maximum absolute atomic E-state index is 12.8. The van der Waals surface area contributed by atoms with Crippen LogP contribution in [0.4, 0.5) is 0 Å². The molecule has 0 bridgehead atoms. The highest BCUT2D eigenvalue weighted by Crippen LogP contribution is 2.42. The van der Waals surface area contributed by atoms with Crippen LogP contribution in [-0.2, 0) is 60.7 Å². The molecule has 2 heterocycles. The lowest BCUT2D eigenvalue weighted by Crippen LogP contribution is -2.44. The van der Waals surface area contributed by atoms with E-state index in [2.05, 4.69) is 43.1 Å². The van der Waals surface area contributed by atoms with Crippen LogP contribution in [0, 0.1) is 10.8 Å². The molecular weight excluding hydrogens is 908 g/mol. The fourth-order valence-electron chi connectivity index (χ4n) is 7.54. The first-order chi connectivity index (χ1) is 30.6. The Morgan fingerprint density at radius 2 is 1.11 bits per heavy atom. The fourth-order valence-corrected chi connectivity index (χ4v) is 10.1. The first kappa shape index (κ1) is 53.8. The van der Waals surface area contributed by atoms with Crippen molar-refractivity contribution in [2.45, 2.75) is 99.9 Å². The lowest BCUT2D eigenvalue weighted by molar-refractivity contribution is -0.465. The van der Waals surface area contributed by atoms with Gasteiger partial charge >= 0.3 is 11.9 Å². The largest absolute Gasteiger partial charge is 0.466 e. The number of ether oxygens (including phenoxy) is 2. The number of carbonyl (C=O) groups excluding carboxylic acids is 3. The quantitative estimate of drug-likeness (QED) is 0.0236. The van der Waals surface area contributed by atoms with Gasteiger partial charge in [-0.3, -0.25) is 9.59 Å². The molecule has 2 aliphatic rings. The molecular formula is C42H57N6O12PS3. The Morgan fingerprint density at radius 3 is 1.39 bits per heavy atom. The lowest BCUT2D eigenvalue weighted by atomic mass is 9.70. The van der Waals surface area contributed by atoms with Gasteiger partial charge in [-0.05, 0) is 146 Å². The van der Waals surface area contributed by atoms with Gasteiger partial charge in [-0.15, -0.1) is 6.58 Å². The van der Waals surface area contributed by atoms with Gasteiger partial charge < -0.3 is 14.3 Å². The zero-order valence-corrected chi connectivity index (χ0v) is 39.4. The zero-order chi connectivity index (χ0) is 47.2. The lowest BCUT2D eigenvalue weighted by Gasteiger charge is -2.37. The summed E-state index contributed by atoms with van der Waals surface area (Å²) in [5.74, 6) is -0.585. The molecule has 2 aromatic heterocycles. The summed E-state index contributed by atoms with van der Waals surface area (Å²) < 4.78 is 70.3. The smallest absolute Gasteiger partial charge is 0.312 e. The Kier molecular flexibility index (Phi) is 22.2. The van der Waals surface area contributed by atoms with Gasteiger partial charge in [0.2, 0.25) is 20.0 Å². The van der Waals surface area contributed by atoms with Crippen molar-refractivity contribution in [1.82, 2.24) is 29.0 Å². The maximum Gasteiger partial charge on any atom is 0.312 e. The molecule has 0 saturated heterocycles. The molecule has 0 aliphatic heterocycles. The number of allylic oxidation sites excluding steroid dienone is 1. The number of carbonyl (C=O) groups is 3. The second kappa shape index (κ2) is 26.4. The van der Waals surface area contributed by atoms with Crippen LogP contribution in [0.2, 0.25) is 0 Å². The molecule has 4 aromatic rings. The fraction of sp³-hybridized carbons (Fsp3) is 0.452. The Labute approximate surface area is 381 Å². The van der Waals surface area contributed by atoms with Gasteiger partial charge in [-0.2, -0.15) is 10.2 Å². The molecule has 64 heavy (non-hydrogen) atoms. The van der Waals surface area contributed by atoms with E-state index in [1.54, 1.807) is 103 Å². The highest BCUT2D eigenvalue weighted by Gasteiger charge is 2.44. The predicted octanol–water partition coefficient (Wildman–Crippen LogP) is 6.42. The van der Waals surface area contributed by atoms with Crippen LogP contribution < -0.4 is 9.44 Å². The van der Waals surface area contributed by atoms with Crippen molar-refractivity contribution in [3.63, 3.8) is 0 Å². The Morgan fingerprint density at radius 1 is 0.766 bits per heavy atom. The van der Waals surface area contributed by atoms with Crippen molar-refractivity contribution < 1.29 is 56.2 Å². The van der Waals surface area contributed by atoms with E-state index in [0.717, 1.165) is 25.0 Å². The van der Waals surface area contributed by atoms with Crippen molar-refractivity contribution in [1.29, 1.82) is 0 Å². The molecule has 2 saturated carbocycles. The van der Waals surface area contributed by atoms with Crippen molar-refractivity contribution in [2.24, 2.45) is 10.8 Å². The summed E-state index contributed by atoms with van der Waals surface area (Å²) >= 11 is 4.37. The summed E-state index contributed by atoms with van der Waals surface area (Å²) in [6.07, 6.45) is 14.1. The topological polar surface area (TPSA) is 247 Å². The summed E-state index contributed by atoms with van der Waals surface area (Å²) in [4.78, 5) is 36.2. The minimum Gasteiger partial charge on any atom is -0.466 e. The number of aldehydes is 1. The molecule has 6 rings (SSSR count). The van der Waals surface area contributed by atoms with E-state index >= 15 is 0 Å². The summed E-state index contributed by atoms with van der Waals surface area (Å²) in [6.45, 7) is 9.78. The number of aromatic nitrogens is 4. The van der Waals surface area contributed by atoms with E-state index < -0.39 is 30.9 Å². The van der Waals surface area contributed by atoms with Gasteiger partial charge in [0, 0.05) is 43.3 Å². The second-order valence-corrected chi connectivity index (χ2v) is 19.7. The third kappa shape index (κ3) is 15.3. The number of rotatable bonds is 16. The van der Waals surface area contributed by atoms with Crippen molar-refractivity contribution >= 4 is 57.4 Å². The first-order valence-corrected chi connectivity index (χ1v) is 25.8. The van der Waals surface area contributed by atoms with Crippen molar-refractivity contribution in [3.05, 3.63) is 98.1 Å². The molecule has 18 nitrogen and oxygen atoms in total. The van der Waals surface area contributed by atoms with Gasteiger partial charge in [0.05, 0.1) is 45.2 Å². The number of benzene rings is 2. The Balaban J connectivity index is 0.000000303. The Bertz CT molecular complexity index is 2110. The van der Waals surface area contributed by atoms with E-state index in [4.69, 9.17) is 20.0 Å².